The topological polar surface area (TPSA) is 135 Å². The van der Waals surface area contributed by atoms with E-state index in [0.717, 1.165) is 16.7 Å². The van der Waals surface area contributed by atoms with Crippen LogP contribution in [0.1, 0.15) is 47.7 Å². The van der Waals surface area contributed by atoms with E-state index < -0.39 is 17.9 Å². The number of primary amides is 1. The molecule has 0 aliphatic rings. The number of carbonyl (C=O) groups excluding carboxylic acids is 2. The third-order valence-corrected chi connectivity index (χ3v) is 6.00. The molecular formula is C27H29ClN4O4. The van der Waals surface area contributed by atoms with Crippen LogP contribution in [0.2, 0.25) is 5.02 Å². The Balaban J connectivity index is 1.77. The highest BCUT2D eigenvalue weighted by Crippen LogP contribution is 2.31. The Labute approximate surface area is 214 Å². The number of carbonyl (C=O) groups is 3. The van der Waals surface area contributed by atoms with Gasteiger partial charge in [0, 0.05) is 16.1 Å². The summed E-state index contributed by atoms with van der Waals surface area (Å²) in [6, 6.07) is 11.9. The highest BCUT2D eigenvalue weighted by molar-refractivity contribution is 6.33. The van der Waals surface area contributed by atoms with Crippen molar-refractivity contribution in [2.45, 2.75) is 46.6 Å². The Morgan fingerprint density at radius 3 is 2.19 bits per heavy atom. The van der Waals surface area contributed by atoms with E-state index in [9.17, 15) is 19.5 Å². The minimum absolute atomic E-state index is 0.0222. The SMILES string of the molecule is Cc1nc(C)c(-c2ccc(-c3ccc(CC(=O)NC(CC(C)C)C(=O)O)cc3Cl)cc2)nc1C(N)=O. The molecule has 36 heavy (non-hydrogen) atoms. The Morgan fingerprint density at radius 2 is 1.64 bits per heavy atom. The second kappa shape index (κ2) is 11.3. The number of aromatic nitrogens is 2. The zero-order valence-corrected chi connectivity index (χ0v) is 21.4. The number of aliphatic carboxylic acids is 1. The third kappa shape index (κ3) is 6.46. The van der Waals surface area contributed by atoms with Crippen LogP contribution in [0, 0.1) is 19.8 Å². The summed E-state index contributed by atoms with van der Waals surface area (Å²) in [5.41, 5.74) is 10.4. The van der Waals surface area contributed by atoms with Gasteiger partial charge in [-0.05, 0) is 43.4 Å². The van der Waals surface area contributed by atoms with Crippen LogP contribution in [0.4, 0.5) is 0 Å². The van der Waals surface area contributed by atoms with Gasteiger partial charge in [0.05, 0.1) is 23.5 Å². The standard InChI is InChI=1S/C27H29ClN4O4/c1-14(2)11-22(27(35)36)31-23(33)13-17-5-10-20(21(28)12-17)18-6-8-19(9-7-18)24-15(3)30-16(4)25(32-24)26(29)34/h5-10,12,14,22H,11,13H2,1-4H3,(H2,29,34)(H,31,33)(H,35,36). The quantitative estimate of drug-likeness (QED) is 0.393. The summed E-state index contributed by atoms with van der Waals surface area (Å²) in [5, 5.41) is 12.4. The first kappa shape index (κ1) is 26.8. The number of nitrogens with two attached hydrogens (primary N) is 1. The number of carboxylic acids is 1. The molecule has 2 amide bonds. The van der Waals surface area contributed by atoms with E-state index in [4.69, 9.17) is 17.3 Å². The molecule has 0 saturated carbocycles. The van der Waals surface area contributed by atoms with Gasteiger partial charge in [0.25, 0.3) is 5.91 Å². The van der Waals surface area contributed by atoms with E-state index in [-0.39, 0.29) is 23.9 Å². The van der Waals surface area contributed by atoms with Crippen LogP contribution < -0.4 is 11.1 Å². The van der Waals surface area contributed by atoms with Gasteiger partial charge in [-0.25, -0.2) is 9.78 Å². The van der Waals surface area contributed by atoms with Gasteiger partial charge >= 0.3 is 5.97 Å². The lowest BCUT2D eigenvalue weighted by Gasteiger charge is -2.16. The van der Waals surface area contributed by atoms with Gasteiger partial charge in [0.1, 0.15) is 11.7 Å². The van der Waals surface area contributed by atoms with Gasteiger partial charge in [-0.1, -0.05) is 61.8 Å². The Morgan fingerprint density at radius 1 is 1.00 bits per heavy atom. The summed E-state index contributed by atoms with van der Waals surface area (Å²) in [5.74, 6) is -1.91. The van der Waals surface area contributed by atoms with Crippen molar-refractivity contribution < 1.29 is 19.5 Å². The summed E-state index contributed by atoms with van der Waals surface area (Å²) in [4.78, 5) is 44.3. The average Bonchev–Trinajstić information content (AvgIpc) is 2.78. The zero-order chi connectivity index (χ0) is 26.6. The van der Waals surface area contributed by atoms with Crippen LogP contribution in [0.25, 0.3) is 22.4 Å². The molecule has 8 nitrogen and oxygen atoms in total. The second-order valence-electron chi connectivity index (χ2n) is 9.11. The van der Waals surface area contributed by atoms with Crippen molar-refractivity contribution in [2.24, 2.45) is 11.7 Å². The van der Waals surface area contributed by atoms with Crippen molar-refractivity contribution in [1.29, 1.82) is 0 Å². The van der Waals surface area contributed by atoms with Gasteiger partial charge in [-0.3, -0.25) is 14.6 Å². The largest absolute Gasteiger partial charge is 0.480 e. The fraction of sp³-hybridized carbons (Fsp3) is 0.296. The van der Waals surface area contributed by atoms with Crippen LogP contribution >= 0.6 is 11.6 Å². The molecule has 0 aliphatic heterocycles. The van der Waals surface area contributed by atoms with Gasteiger partial charge in [-0.2, -0.15) is 0 Å². The molecule has 0 spiro atoms. The molecule has 0 saturated heterocycles. The molecule has 0 bridgehead atoms. The van der Waals surface area contributed by atoms with E-state index in [0.29, 0.717) is 34.1 Å². The Kier molecular flexibility index (Phi) is 8.42. The van der Waals surface area contributed by atoms with Gasteiger partial charge in [0.15, 0.2) is 0 Å². The lowest BCUT2D eigenvalue weighted by Crippen LogP contribution is -2.42. The van der Waals surface area contributed by atoms with E-state index in [2.05, 4.69) is 15.3 Å². The van der Waals surface area contributed by atoms with Crippen molar-refractivity contribution in [2.75, 3.05) is 0 Å². The summed E-state index contributed by atoms with van der Waals surface area (Å²) in [6.07, 6.45) is 0.378. The average molecular weight is 509 g/mol. The predicted molar refractivity (Wildman–Crippen MR) is 139 cm³/mol. The van der Waals surface area contributed by atoms with E-state index in [1.165, 1.54) is 0 Å². The second-order valence-corrected chi connectivity index (χ2v) is 9.52. The number of hydrogen-bond donors (Lipinski definition) is 3. The monoisotopic (exact) mass is 508 g/mol. The van der Waals surface area contributed by atoms with Crippen molar-refractivity contribution >= 4 is 29.4 Å². The highest BCUT2D eigenvalue weighted by Gasteiger charge is 2.21. The summed E-state index contributed by atoms with van der Waals surface area (Å²) >= 11 is 6.53. The molecule has 1 aromatic heterocycles. The van der Waals surface area contributed by atoms with E-state index in [1.54, 1.807) is 19.1 Å². The molecule has 0 aliphatic carbocycles. The molecule has 4 N–H and O–H groups in total. The molecule has 1 atom stereocenters. The molecule has 1 unspecified atom stereocenters. The number of nitrogens with one attached hydrogen (secondary N) is 1. The number of aryl methyl sites for hydroxylation is 2. The number of rotatable bonds is 9. The first-order valence-corrected chi connectivity index (χ1v) is 11.9. The summed E-state index contributed by atoms with van der Waals surface area (Å²) in [7, 11) is 0. The van der Waals surface area contributed by atoms with Crippen LogP contribution in [0.3, 0.4) is 0 Å². The molecule has 0 radical (unpaired) electrons. The van der Waals surface area contributed by atoms with E-state index >= 15 is 0 Å². The van der Waals surface area contributed by atoms with Gasteiger partial charge in [0.2, 0.25) is 5.91 Å². The van der Waals surface area contributed by atoms with Crippen molar-refractivity contribution in [3.8, 4) is 22.4 Å². The summed E-state index contributed by atoms with van der Waals surface area (Å²) in [6.45, 7) is 7.32. The predicted octanol–water partition coefficient (Wildman–Crippen LogP) is 4.34. The number of amides is 2. The van der Waals surface area contributed by atoms with Gasteiger partial charge < -0.3 is 16.2 Å². The van der Waals surface area contributed by atoms with Crippen LogP contribution in [-0.2, 0) is 16.0 Å². The van der Waals surface area contributed by atoms with E-state index in [1.807, 2.05) is 51.1 Å². The highest BCUT2D eigenvalue weighted by atomic mass is 35.5. The molecule has 1 heterocycles. The molecule has 0 fully saturated rings. The van der Waals surface area contributed by atoms with Crippen molar-refractivity contribution in [1.82, 2.24) is 15.3 Å². The minimum atomic E-state index is -1.05. The fourth-order valence-electron chi connectivity index (χ4n) is 3.97. The maximum atomic E-state index is 12.4. The number of nitrogens with zero attached hydrogens (tertiary/aromatic N) is 2. The summed E-state index contributed by atoms with van der Waals surface area (Å²) < 4.78 is 0. The van der Waals surface area contributed by atoms with Gasteiger partial charge in [-0.15, -0.1) is 0 Å². The lowest BCUT2D eigenvalue weighted by molar-refractivity contribution is -0.142. The first-order valence-electron chi connectivity index (χ1n) is 11.5. The Hall–Kier alpha value is -3.78. The molecule has 2 aromatic carbocycles. The number of benzene rings is 2. The molecule has 188 valence electrons. The number of halogens is 1. The third-order valence-electron chi connectivity index (χ3n) is 5.69. The maximum Gasteiger partial charge on any atom is 0.326 e. The van der Waals surface area contributed by atoms with Crippen molar-refractivity contribution in [3.63, 3.8) is 0 Å². The van der Waals surface area contributed by atoms with Crippen LogP contribution in [0.15, 0.2) is 42.5 Å². The first-order chi connectivity index (χ1) is 17.0. The molecule has 3 aromatic rings. The zero-order valence-electron chi connectivity index (χ0n) is 20.6. The minimum Gasteiger partial charge on any atom is -0.480 e. The normalized spacial score (nSPS) is 11.8. The van der Waals surface area contributed by atoms with Crippen LogP contribution in [0.5, 0.6) is 0 Å². The lowest BCUT2D eigenvalue weighted by atomic mass is 9.99. The van der Waals surface area contributed by atoms with Crippen LogP contribution in [-0.4, -0.2) is 38.9 Å². The Bertz CT molecular complexity index is 1310. The number of hydrogen-bond acceptors (Lipinski definition) is 5. The maximum absolute atomic E-state index is 12.4. The van der Waals surface area contributed by atoms with Crippen molar-refractivity contribution in [3.05, 3.63) is 70.1 Å². The molecular weight excluding hydrogens is 480 g/mol. The molecule has 3 rings (SSSR count). The fourth-order valence-corrected chi connectivity index (χ4v) is 4.28. The smallest absolute Gasteiger partial charge is 0.326 e. The number of carboxylic acid groups (broad SMARTS) is 1. The molecule has 9 heteroatoms.